The minimum absolute atomic E-state index is 0.0762. The van der Waals surface area contributed by atoms with E-state index in [1.807, 2.05) is 50.2 Å². The molecule has 7 heteroatoms. The van der Waals surface area contributed by atoms with Gasteiger partial charge in [-0.25, -0.2) is 0 Å². The van der Waals surface area contributed by atoms with E-state index >= 15 is 0 Å². The molecule has 2 amide bonds. The van der Waals surface area contributed by atoms with Gasteiger partial charge >= 0.3 is 0 Å². The lowest BCUT2D eigenvalue weighted by molar-refractivity contribution is -0.120. The minimum atomic E-state index is -0.392. The normalized spacial score (nSPS) is 13.4. The zero-order valence-corrected chi connectivity index (χ0v) is 19.2. The molecule has 0 atom stereocenters. The molecule has 1 heterocycles. The van der Waals surface area contributed by atoms with E-state index < -0.39 is 5.41 Å². The lowest BCUT2D eigenvalue weighted by atomic mass is 9.84. The number of hydrogen-bond acceptors (Lipinski definition) is 3. The first-order valence-electron chi connectivity index (χ1n) is 10.2. The molecule has 0 bridgehead atoms. The van der Waals surface area contributed by atoms with Crippen LogP contribution in [0.1, 0.15) is 29.8 Å². The highest BCUT2D eigenvalue weighted by Gasteiger charge is 2.28. The number of amides is 2. The number of para-hydroxylation sites is 2. The number of ether oxygens (including phenoxy) is 1. The van der Waals surface area contributed by atoms with Crippen molar-refractivity contribution in [3.63, 3.8) is 0 Å². The quantitative estimate of drug-likeness (QED) is 0.517. The van der Waals surface area contributed by atoms with Crippen molar-refractivity contribution < 1.29 is 14.3 Å². The van der Waals surface area contributed by atoms with Crippen molar-refractivity contribution in [2.75, 3.05) is 18.1 Å². The average Bonchev–Trinajstić information content (AvgIpc) is 2.78. The number of nitrogens with one attached hydrogen (secondary N) is 1. The van der Waals surface area contributed by atoms with Gasteiger partial charge in [-0.15, -0.1) is 0 Å². The van der Waals surface area contributed by atoms with E-state index in [1.165, 1.54) is 0 Å². The van der Waals surface area contributed by atoms with Gasteiger partial charge in [0.15, 0.2) is 6.61 Å². The predicted octanol–water partition coefficient (Wildman–Crippen LogP) is 5.76. The summed E-state index contributed by atoms with van der Waals surface area (Å²) in [5, 5.41) is 3.91. The Labute approximate surface area is 196 Å². The van der Waals surface area contributed by atoms with Crippen LogP contribution < -0.4 is 15.0 Å². The van der Waals surface area contributed by atoms with Crippen LogP contribution >= 0.6 is 23.2 Å². The molecule has 0 spiro atoms. The number of rotatable bonds is 5. The second-order valence-electron chi connectivity index (χ2n) is 8.20. The lowest BCUT2D eigenvalue weighted by Gasteiger charge is -2.30. The number of fused-ring (bicyclic) bond motifs is 1. The molecular formula is C25H22Cl2N2O3. The maximum atomic E-state index is 13.0. The van der Waals surface area contributed by atoms with Crippen LogP contribution in [0.4, 0.5) is 11.4 Å². The molecule has 32 heavy (non-hydrogen) atoms. The lowest BCUT2D eigenvalue weighted by Crippen LogP contribution is -2.37. The Morgan fingerprint density at radius 1 is 1.03 bits per heavy atom. The molecule has 1 aliphatic heterocycles. The summed E-state index contributed by atoms with van der Waals surface area (Å²) in [7, 11) is 0. The molecule has 0 radical (unpaired) electrons. The van der Waals surface area contributed by atoms with Crippen molar-refractivity contribution in [2.24, 2.45) is 0 Å². The fraction of sp³-hybridized carbons (Fsp3) is 0.200. The van der Waals surface area contributed by atoms with E-state index in [-0.39, 0.29) is 24.0 Å². The van der Waals surface area contributed by atoms with Crippen LogP contribution in [0.15, 0.2) is 66.7 Å². The standard InChI is InChI=1S/C25H22Cl2N2O3/c1-25(2,18-7-3-4-8-20(18)27)15-28-24(31)17-13-16(11-12-19(17)26)29-21-9-5-6-10-22(21)32-14-23(29)30/h3-13H,14-15H2,1-2H3,(H,28,31). The zero-order valence-electron chi connectivity index (χ0n) is 17.7. The molecule has 5 nitrogen and oxygen atoms in total. The molecule has 0 saturated carbocycles. The molecule has 0 fully saturated rings. The number of halogens is 2. The number of hydrogen-bond donors (Lipinski definition) is 1. The third kappa shape index (κ3) is 4.31. The first-order valence-corrected chi connectivity index (χ1v) is 10.9. The molecule has 3 aromatic rings. The summed E-state index contributed by atoms with van der Waals surface area (Å²) in [4.78, 5) is 27.2. The Morgan fingerprint density at radius 3 is 2.53 bits per heavy atom. The van der Waals surface area contributed by atoms with E-state index in [0.717, 1.165) is 5.56 Å². The Kier molecular flexibility index (Phi) is 6.13. The Bertz CT molecular complexity index is 1190. The molecule has 0 unspecified atom stereocenters. The molecule has 164 valence electrons. The second-order valence-corrected chi connectivity index (χ2v) is 9.01. The number of carbonyl (C=O) groups excluding carboxylic acids is 2. The molecule has 1 aliphatic rings. The Hall–Kier alpha value is -3.02. The summed E-state index contributed by atoms with van der Waals surface area (Å²) in [5.41, 5.74) is 2.01. The van der Waals surface area contributed by atoms with Crippen molar-refractivity contribution >= 4 is 46.4 Å². The smallest absolute Gasteiger partial charge is 0.269 e. The molecular weight excluding hydrogens is 447 g/mol. The molecule has 0 aromatic heterocycles. The van der Waals surface area contributed by atoms with Crippen molar-refractivity contribution in [3.8, 4) is 5.75 Å². The largest absolute Gasteiger partial charge is 0.482 e. The zero-order chi connectivity index (χ0) is 22.9. The minimum Gasteiger partial charge on any atom is -0.482 e. The van der Waals surface area contributed by atoms with Gasteiger partial charge in [-0.3, -0.25) is 14.5 Å². The first kappa shape index (κ1) is 22.2. The van der Waals surface area contributed by atoms with Gasteiger partial charge in [0.05, 0.1) is 22.0 Å². The summed E-state index contributed by atoms with van der Waals surface area (Å²) in [6, 6.07) is 19.8. The van der Waals surface area contributed by atoms with Gasteiger partial charge in [-0.2, -0.15) is 0 Å². The molecule has 3 aromatic carbocycles. The van der Waals surface area contributed by atoms with Crippen molar-refractivity contribution in [2.45, 2.75) is 19.3 Å². The van der Waals surface area contributed by atoms with Gasteiger partial charge in [0.1, 0.15) is 5.75 Å². The summed E-state index contributed by atoms with van der Waals surface area (Å²) in [6.07, 6.45) is 0. The van der Waals surface area contributed by atoms with Gasteiger partial charge < -0.3 is 10.1 Å². The van der Waals surface area contributed by atoms with Crippen LogP contribution in [-0.2, 0) is 10.2 Å². The monoisotopic (exact) mass is 468 g/mol. The van der Waals surface area contributed by atoms with Crippen LogP contribution in [0.25, 0.3) is 0 Å². The third-order valence-corrected chi connectivity index (χ3v) is 6.11. The average molecular weight is 469 g/mol. The second kappa shape index (κ2) is 8.85. The summed E-state index contributed by atoms with van der Waals surface area (Å²) in [6.45, 7) is 4.30. The summed E-state index contributed by atoms with van der Waals surface area (Å²) >= 11 is 12.7. The Morgan fingerprint density at radius 2 is 1.75 bits per heavy atom. The molecule has 4 rings (SSSR count). The fourth-order valence-electron chi connectivity index (χ4n) is 3.71. The van der Waals surface area contributed by atoms with E-state index in [9.17, 15) is 9.59 Å². The topological polar surface area (TPSA) is 58.6 Å². The van der Waals surface area contributed by atoms with Crippen LogP contribution in [0.3, 0.4) is 0 Å². The van der Waals surface area contributed by atoms with Crippen molar-refractivity contribution in [3.05, 3.63) is 87.9 Å². The van der Waals surface area contributed by atoms with E-state index in [2.05, 4.69) is 5.32 Å². The van der Waals surface area contributed by atoms with Crippen LogP contribution in [-0.4, -0.2) is 25.0 Å². The molecule has 0 saturated heterocycles. The predicted molar refractivity (Wildman–Crippen MR) is 127 cm³/mol. The van der Waals surface area contributed by atoms with E-state index in [1.54, 1.807) is 35.2 Å². The maximum Gasteiger partial charge on any atom is 0.269 e. The summed E-state index contributed by atoms with van der Waals surface area (Å²) in [5.74, 6) is 0.0535. The maximum absolute atomic E-state index is 13.0. The van der Waals surface area contributed by atoms with Gasteiger partial charge in [-0.05, 0) is 42.0 Å². The number of benzene rings is 3. The molecule has 0 aliphatic carbocycles. The highest BCUT2D eigenvalue weighted by molar-refractivity contribution is 6.34. The van der Waals surface area contributed by atoms with Gasteiger partial charge in [0.25, 0.3) is 11.8 Å². The number of anilines is 2. The highest BCUT2D eigenvalue weighted by atomic mass is 35.5. The molecule has 1 N–H and O–H groups in total. The van der Waals surface area contributed by atoms with Crippen molar-refractivity contribution in [1.82, 2.24) is 5.32 Å². The SMILES string of the molecule is CC(C)(CNC(=O)c1cc(N2C(=O)COc3ccccc32)ccc1Cl)c1ccccc1Cl. The van der Waals surface area contributed by atoms with Gasteiger partial charge in [-0.1, -0.05) is 67.4 Å². The van der Waals surface area contributed by atoms with E-state index in [0.29, 0.717) is 33.7 Å². The van der Waals surface area contributed by atoms with E-state index in [4.69, 9.17) is 27.9 Å². The van der Waals surface area contributed by atoms with Crippen LogP contribution in [0.2, 0.25) is 10.0 Å². The first-order chi connectivity index (χ1) is 15.3. The third-order valence-electron chi connectivity index (χ3n) is 5.45. The Balaban J connectivity index is 1.59. The highest BCUT2D eigenvalue weighted by Crippen LogP contribution is 2.38. The van der Waals surface area contributed by atoms with Gasteiger partial charge in [0.2, 0.25) is 0 Å². The summed E-state index contributed by atoms with van der Waals surface area (Å²) < 4.78 is 5.51. The van der Waals surface area contributed by atoms with Crippen LogP contribution in [0, 0.1) is 0 Å². The number of nitrogens with zero attached hydrogens (tertiary/aromatic N) is 1. The number of carbonyl (C=O) groups is 2. The van der Waals surface area contributed by atoms with Crippen LogP contribution in [0.5, 0.6) is 5.75 Å². The van der Waals surface area contributed by atoms with Gasteiger partial charge in [0, 0.05) is 17.0 Å². The van der Waals surface area contributed by atoms with Crippen molar-refractivity contribution in [1.29, 1.82) is 0 Å². The fourth-order valence-corrected chi connectivity index (χ4v) is 4.31.